The quantitative estimate of drug-likeness (QED) is 0.404. The van der Waals surface area contributed by atoms with Crippen LogP contribution in [-0.4, -0.2) is 32.1 Å². The number of para-hydroxylation sites is 1. The van der Waals surface area contributed by atoms with Gasteiger partial charge < -0.3 is 15.5 Å². The van der Waals surface area contributed by atoms with Crippen molar-refractivity contribution in [3.05, 3.63) is 65.7 Å². The van der Waals surface area contributed by atoms with Crippen molar-refractivity contribution in [1.82, 2.24) is 10.6 Å². The summed E-state index contributed by atoms with van der Waals surface area (Å²) in [7, 11) is 1.79. The molecule has 142 valence electrons. The highest BCUT2D eigenvalue weighted by Gasteiger charge is 2.20. The van der Waals surface area contributed by atoms with Crippen molar-refractivity contribution in [3.63, 3.8) is 0 Å². The van der Waals surface area contributed by atoms with E-state index in [9.17, 15) is 0 Å². The Bertz CT molecular complexity index is 777. The molecule has 0 radical (unpaired) electrons. The van der Waals surface area contributed by atoms with E-state index in [1.807, 2.05) is 24.3 Å². The van der Waals surface area contributed by atoms with E-state index in [0.29, 0.717) is 18.2 Å². The molecular formula is C21H26IN5. The normalized spacial score (nSPS) is 14.8. The number of anilines is 1. The zero-order chi connectivity index (χ0) is 18.2. The van der Waals surface area contributed by atoms with Gasteiger partial charge in [-0.2, -0.15) is 5.26 Å². The van der Waals surface area contributed by atoms with Gasteiger partial charge >= 0.3 is 0 Å². The molecule has 0 spiro atoms. The van der Waals surface area contributed by atoms with Gasteiger partial charge in [-0.3, -0.25) is 4.99 Å². The van der Waals surface area contributed by atoms with Crippen molar-refractivity contribution in [2.24, 2.45) is 4.99 Å². The van der Waals surface area contributed by atoms with Gasteiger partial charge in [0.15, 0.2) is 5.96 Å². The lowest BCUT2D eigenvalue weighted by Gasteiger charge is -2.34. The first kappa shape index (κ1) is 21.0. The number of hydrogen-bond acceptors (Lipinski definition) is 3. The van der Waals surface area contributed by atoms with Crippen LogP contribution in [0.2, 0.25) is 0 Å². The van der Waals surface area contributed by atoms with E-state index < -0.39 is 0 Å². The zero-order valence-corrected chi connectivity index (χ0v) is 17.9. The van der Waals surface area contributed by atoms with E-state index in [1.165, 1.54) is 5.69 Å². The minimum atomic E-state index is 0. The van der Waals surface area contributed by atoms with E-state index in [0.717, 1.165) is 37.5 Å². The van der Waals surface area contributed by atoms with Crippen LogP contribution in [0.5, 0.6) is 0 Å². The van der Waals surface area contributed by atoms with Crippen LogP contribution in [0.1, 0.15) is 24.0 Å². The maximum Gasteiger partial charge on any atom is 0.191 e. The standard InChI is InChI=1S/C21H25N5.HI/c1-23-21(24-16-18-7-5-6-17(14-18)15-22)25-19-10-12-26(13-11-19)20-8-3-2-4-9-20;/h2-9,14,19H,10-13,16H2,1H3,(H2,23,24,25);1H. The number of benzene rings is 2. The number of halogens is 1. The average molecular weight is 475 g/mol. The monoisotopic (exact) mass is 475 g/mol. The van der Waals surface area contributed by atoms with Crippen molar-refractivity contribution in [1.29, 1.82) is 5.26 Å². The van der Waals surface area contributed by atoms with Crippen LogP contribution < -0.4 is 15.5 Å². The topological polar surface area (TPSA) is 63.5 Å². The summed E-state index contributed by atoms with van der Waals surface area (Å²) in [4.78, 5) is 6.77. The number of hydrogen-bond donors (Lipinski definition) is 2. The average Bonchev–Trinajstić information content (AvgIpc) is 2.72. The summed E-state index contributed by atoms with van der Waals surface area (Å²) in [6.45, 7) is 2.74. The third kappa shape index (κ3) is 6.14. The van der Waals surface area contributed by atoms with Gasteiger partial charge in [0.2, 0.25) is 0 Å². The zero-order valence-electron chi connectivity index (χ0n) is 15.6. The number of aliphatic imine (C=N–C) groups is 1. The van der Waals surface area contributed by atoms with Gasteiger partial charge in [0, 0.05) is 38.4 Å². The fourth-order valence-corrected chi connectivity index (χ4v) is 3.25. The fraction of sp³-hybridized carbons (Fsp3) is 0.333. The molecule has 0 atom stereocenters. The molecule has 3 rings (SSSR count). The second kappa shape index (κ2) is 10.8. The van der Waals surface area contributed by atoms with Crippen molar-refractivity contribution in [2.45, 2.75) is 25.4 Å². The Labute approximate surface area is 178 Å². The molecule has 1 aliphatic rings. The first-order chi connectivity index (χ1) is 12.8. The molecule has 0 saturated carbocycles. The Morgan fingerprint density at radius 2 is 1.89 bits per heavy atom. The van der Waals surface area contributed by atoms with Crippen LogP contribution in [0.3, 0.4) is 0 Å². The van der Waals surface area contributed by atoms with Crippen LogP contribution in [0.15, 0.2) is 59.6 Å². The van der Waals surface area contributed by atoms with Crippen LogP contribution in [0.4, 0.5) is 5.69 Å². The molecular weight excluding hydrogens is 449 g/mol. The number of nitrogens with zero attached hydrogens (tertiary/aromatic N) is 3. The summed E-state index contributed by atoms with van der Waals surface area (Å²) in [6, 6.07) is 20.8. The molecule has 27 heavy (non-hydrogen) atoms. The summed E-state index contributed by atoms with van der Waals surface area (Å²) in [6.07, 6.45) is 2.17. The Balaban J connectivity index is 0.00000261. The Hall–Kier alpha value is -2.27. The Morgan fingerprint density at radius 1 is 1.15 bits per heavy atom. The molecule has 2 aromatic carbocycles. The van der Waals surface area contributed by atoms with Gasteiger partial charge in [0.1, 0.15) is 0 Å². The molecule has 1 fully saturated rings. The molecule has 1 heterocycles. The molecule has 0 aliphatic carbocycles. The lowest BCUT2D eigenvalue weighted by atomic mass is 10.0. The molecule has 2 aromatic rings. The number of nitriles is 1. The number of guanidine groups is 1. The van der Waals surface area contributed by atoms with Crippen molar-refractivity contribution >= 4 is 35.6 Å². The predicted octanol–water partition coefficient (Wildman–Crippen LogP) is 3.51. The molecule has 1 saturated heterocycles. The number of nitrogens with one attached hydrogen (secondary N) is 2. The molecule has 1 aliphatic heterocycles. The van der Waals surface area contributed by atoms with Gasteiger partial charge in [-0.1, -0.05) is 30.3 Å². The highest BCUT2D eigenvalue weighted by Crippen LogP contribution is 2.19. The predicted molar refractivity (Wildman–Crippen MR) is 122 cm³/mol. The maximum absolute atomic E-state index is 9.00. The first-order valence-electron chi connectivity index (χ1n) is 9.04. The maximum atomic E-state index is 9.00. The molecule has 6 heteroatoms. The van der Waals surface area contributed by atoms with Gasteiger partial charge in [-0.25, -0.2) is 0 Å². The minimum absolute atomic E-state index is 0. The van der Waals surface area contributed by atoms with Crippen LogP contribution in [0, 0.1) is 11.3 Å². The summed E-state index contributed by atoms with van der Waals surface area (Å²) in [5, 5.41) is 15.9. The minimum Gasteiger partial charge on any atom is -0.371 e. The molecule has 2 N–H and O–H groups in total. The SMILES string of the molecule is CN=C(NCc1cccc(C#N)c1)NC1CCN(c2ccccc2)CC1.I. The second-order valence-corrected chi connectivity index (χ2v) is 6.48. The lowest BCUT2D eigenvalue weighted by molar-refractivity contribution is 0.461. The first-order valence-corrected chi connectivity index (χ1v) is 9.04. The smallest absolute Gasteiger partial charge is 0.191 e. The molecule has 5 nitrogen and oxygen atoms in total. The van der Waals surface area contributed by atoms with Crippen molar-refractivity contribution < 1.29 is 0 Å². The summed E-state index contributed by atoms with van der Waals surface area (Å²) in [5.41, 5.74) is 3.05. The van der Waals surface area contributed by atoms with Crippen LogP contribution in [-0.2, 0) is 6.54 Å². The number of piperidine rings is 1. The summed E-state index contributed by atoms with van der Waals surface area (Å²) in [5.74, 6) is 0.811. The molecule has 0 unspecified atom stereocenters. The van der Waals surface area contributed by atoms with Crippen molar-refractivity contribution in [3.8, 4) is 6.07 Å². The number of rotatable bonds is 4. The van der Waals surface area contributed by atoms with E-state index >= 15 is 0 Å². The van der Waals surface area contributed by atoms with Gasteiger partial charge in [0.25, 0.3) is 0 Å². The summed E-state index contributed by atoms with van der Waals surface area (Å²) >= 11 is 0. The van der Waals surface area contributed by atoms with E-state index in [-0.39, 0.29) is 24.0 Å². The highest BCUT2D eigenvalue weighted by molar-refractivity contribution is 14.0. The summed E-state index contributed by atoms with van der Waals surface area (Å²) < 4.78 is 0. The van der Waals surface area contributed by atoms with E-state index in [2.05, 4.69) is 56.9 Å². The molecule has 0 amide bonds. The fourth-order valence-electron chi connectivity index (χ4n) is 3.25. The van der Waals surface area contributed by atoms with Crippen molar-refractivity contribution in [2.75, 3.05) is 25.0 Å². The Kier molecular flexibility index (Phi) is 8.40. The third-order valence-electron chi connectivity index (χ3n) is 4.70. The van der Waals surface area contributed by atoms with Gasteiger partial charge in [-0.15, -0.1) is 24.0 Å². The molecule has 0 aromatic heterocycles. The lowest BCUT2D eigenvalue weighted by Crippen LogP contribution is -2.48. The van der Waals surface area contributed by atoms with Gasteiger partial charge in [-0.05, 0) is 42.7 Å². The largest absolute Gasteiger partial charge is 0.371 e. The third-order valence-corrected chi connectivity index (χ3v) is 4.70. The van der Waals surface area contributed by atoms with Gasteiger partial charge in [0.05, 0.1) is 11.6 Å². The van der Waals surface area contributed by atoms with Crippen LogP contribution >= 0.6 is 24.0 Å². The Morgan fingerprint density at radius 3 is 2.56 bits per heavy atom. The van der Waals surface area contributed by atoms with E-state index in [1.54, 1.807) is 7.05 Å². The highest BCUT2D eigenvalue weighted by atomic mass is 127. The van der Waals surface area contributed by atoms with Crippen LogP contribution in [0.25, 0.3) is 0 Å². The molecule has 0 bridgehead atoms. The second-order valence-electron chi connectivity index (χ2n) is 6.48. The van der Waals surface area contributed by atoms with E-state index in [4.69, 9.17) is 5.26 Å².